The van der Waals surface area contributed by atoms with Crippen molar-refractivity contribution in [1.29, 1.82) is 0 Å². The molecule has 2 aliphatic rings. The fraction of sp³-hybridized carbons (Fsp3) is 0.700. The minimum Gasteiger partial charge on any atom is -0.394 e. The number of aliphatic hydroxyl groups excluding tert-OH is 4. The van der Waals surface area contributed by atoms with E-state index >= 15 is 0 Å². The van der Waals surface area contributed by atoms with Gasteiger partial charge in [0.2, 0.25) is 0 Å². The molecule has 1 unspecified atom stereocenters. The highest BCUT2D eigenvalue weighted by molar-refractivity contribution is 7.80. The molecule has 1 saturated heterocycles. The van der Waals surface area contributed by atoms with Crippen LogP contribution in [0.5, 0.6) is 0 Å². The lowest BCUT2D eigenvalue weighted by atomic mass is 9.98. The van der Waals surface area contributed by atoms with E-state index in [4.69, 9.17) is 22.1 Å². The van der Waals surface area contributed by atoms with Crippen molar-refractivity contribution in [2.75, 3.05) is 13.2 Å². The average Bonchev–Trinajstić information content (AvgIpc) is 2.73. The zero-order valence-electron chi connectivity index (χ0n) is 9.01. The second-order valence-corrected chi connectivity index (χ2v) is 4.70. The fourth-order valence-electron chi connectivity index (χ4n) is 2.00. The van der Waals surface area contributed by atoms with Crippen molar-refractivity contribution < 1.29 is 25.2 Å². The number of aliphatic hydroxyl groups is 4. The Bertz CT molecular complexity index is 335. The van der Waals surface area contributed by atoms with Crippen LogP contribution in [0, 0.1) is 0 Å². The lowest BCUT2D eigenvalue weighted by Gasteiger charge is -2.43. The van der Waals surface area contributed by atoms with Gasteiger partial charge in [0.15, 0.2) is 6.23 Å². The molecule has 0 aromatic heterocycles. The molecule has 0 aromatic carbocycles. The summed E-state index contributed by atoms with van der Waals surface area (Å²) in [6.07, 6.45) is -2.27. The summed E-state index contributed by atoms with van der Waals surface area (Å²) in [4.78, 5) is 2.33. The van der Waals surface area contributed by atoms with Gasteiger partial charge in [0, 0.05) is 11.1 Å². The van der Waals surface area contributed by atoms with Gasteiger partial charge in [-0.25, -0.2) is 0 Å². The minimum absolute atomic E-state index is 0.415. The van der Waals surface area contributed by atoms with Gasteiger partial charge >= 0.3 is 0 Å². The largest absolute Gasteiger partial charge is 0.394 e. The summed E-state index contributed by atoms with van der Waals surface area (Å²) in [7, 11) is 0. The number of hydrogen-bond donors (Lipinski definition) is 4. The number of nitrogens with zero attached hydrogens (tertiary/aromatic N) is 1. The predicted molar refractivity (Wildman–Crippen MR) is 62.2 cm³/mol. The van der Waals surface area contributed by atoms with Crippen molar-refractivity contribution in [3.63, 3.8) is 0 Å². The minimum atomic E-state index is -1.35. The van der Waals surface area contributed by atoms with E-state index in [1.165, 1.54) is 0 Å². The summed E-state index contributed by atoms with van der Waals surface area (Å²) in [5.74, 6) is 0. The maximum absolute atomic E-state index is 9.83. The van der Waals surface area contributed by atoms with E-state index in [1.807, 2.05) is 0 Å². The van der Waals surface area contributed by atoms with Crippen molar-refractivity contribution in [1.82, 2.24) is 4.90 Å². The maximum Gasteiger partial charge on any atom is 0.159 e. The zero-order valence-corrected chi connectivity index (χ0v) is 9.82. The predicted octanol–water partition coefficient (Wildman–Crippen LogP) is -2.01. The Morgan fingerprint density at radius 1 is 1.29 bits per heavy atom. The lowest BCUT2D eigenvalue weighted by molar-refractivity contribution is -0.256. The first kappa shape index (κ1) is 12.9. The van der Waals surface area contributed by atoms with Gasteiger partial charge in [-0.3, -0.25) is 0 Å². The SMILES string of the molecule is OC[C@H]1OC(N2C=CC(=S)C2)[C@H](O)[C@@H](O)[C@@H]1O. The highest BCUT2D eigenvalue weighted by Gasteiger charge is 2.45. The number of hydrogen-bond acceptors (Lipinski definition) is 7. The molecule has 2 aliphatic heterocycles. The quantitative estimate of drug-likeness (QED) is 0.427. The lowest BCUT2D eigenvalue weighted by Crippen LogP contribution is -2.62. The second kappa shape index (κ2) is 4.97. The molecule has 0 aromatic rings. The third kappa shape index (κ3) is 2.35. The number of rotatable bonds is 2. The molecule has 0 saturated carbocycles. The first-order valence-corrected chi connectivity index (χ1v) is 5.72. The molecular formula is C10H15NO5S. The Morgan fingerprint density at radius 3 is 2.53 bits per heavy atom. The molecule has 1 fully saturated rings. The van der Waals surface area contributed by atoms with Gasteiger partial charge in [0.05, 0.1) is 13.2 Å². The molecule has 0 bridgehead atoms. The molecule has 2 heterocycles. The van der Waals surface area contributed by atoms with E-state index in [0.717, 1.165) is 0 Å². The molecule has 2 rings (SSSR count). The Kier molecular flexibility index (Phi) is 3.76. The maximum atomic E-state index is 9.83. The molecule has 0 spiro atoms. The Hall–Kier alpha value is -0.570. The normalized spacial score (nSPS) is 42.2. The molecule has 5 atom stereocenters. The third-order valence-corrected chi connectivity index (χ3v) is 3.25. The van der Waals surface area contributed by atoms with Crippen LogP contribution in [-0.2, 0) is 4.74 Å². The van der Waals surface area contributed by atoms with Gasteiger partial charge in [0.25, 0.3) is 0 Å². The van der Waals surface area contributed by atoms with Crippen molar-refractivity contribution >= 4 is 17.1 Å². The van der Waals surface area contributed by atoms with E-state index < -0.39 is 37.3 Å². The van der Waals surface area contributed by atoms with Gasteiger partial charge in [-0.1, -0.05) is 12.2 Å². The van der Waals surface area contributed by atoms with Gasteiger partial charge in [-0.2, -0.15) is 0 Å². The number of ether oxygens (including phenoxy) is 1. The van der Waals surface area contributed by atoms with Crippen molar-refractivity contribution in [3.8, 4) is 0 Å². The highest BCUT2D eigenvalue weighted by Crippen LogP contribution is 2.25. The Morgan fingerprint density at radius 2 is 2.00 bits per heavy atom. The van der Waals surface area contributed by atoms with Crippen molar-refractivity contribution in [2.24, 2.45) is 0 Å². The van der Waals surface area contributed by atoms with Crippen LogP contribution < -0.4 is 0 Å². The first-order chi connectivity index (χ1) is 8.04. The molecule has 0 amide bonds. The zero-order chi connectivity index (χ0) is 12.6. The van der Waals surface area contributed by atoms with E-state index in [1.54, 1.807) is 17.2 Å². The van der Waals surface area contributed by atoms with Crippen LogP contribution >= 0.6 is 12.2 Å². The van der Waals surface area contributed by atoms with Crippen molar-refractivity contribution in [2.45, 2.75) is 30.6 Å². The van der Waals surface area contributed by atoms with Gasteiger partial charge in [0.1, 0.15) is 24.4 Å². The average molecular weight is 261 g/mol. The van der Waals surface area contributed by atoms with Crippen LogP contribution in [0.4, 0.5) is 0 Å². The summed E-state index contributed by atoms with van der Waals surface area (Å²) in [5.41, 5.74) is 0. The number of thiocarbonyl (C=S) groups is 1. The van der Waals surface area contributed by atoms with E-state index in [9.17, 15) is 15.3 Å². The molecule has 0 aliphatic carbocycles. The fourth-order valence-corrected chi connectivity index (χ4v) is 2.21. The topological polar surface area (TPSA) is 93.4 Å². The summed E-state index contributed by atoms with van der Waals surface area (Å²) in [6, 6.07) is 0. The van der Waals surface area contributed by atoms with Crippen LogP contribution in [0.15, 0.2) is 12.3 Å². The van der Waals surface area contributed by atoms with Crippen LogP contribution in [0.25, 0.3) is 0 Å². The standard InChI is InChI=1S/C10H15NO5S/c12-4-6-7(13)8(14)9(15)10(16-6)11-2-1-5(17)3-11/h1-2,6-10,12-15H,3-4H2/t6-,7-,8+,9-,10?/m1/s1. The highest BCUT2D eigenvalue weighted by atomic mass is 32.1. The summed E-state index contributed by atoms with van der Waals surface area (Å²) < 4.78 is 5.37. The first-order valence-electron chi connectivity index (χ1n) is 5.32. The second-order valence-electron chi connectivity index (χ2n) is 4.17. The smallest absolute Gasteiger partial charge is 0.159 e. The van der Waals surface area contributed by atoms with E-state index in [-0.39, 0.29) is 0 Å². The van der Waals surface area contributed by atoms with Crippen LogP contribution in [0.3, 0.4) is 0 Å². The molecule has 17 heavy (non-hydrogen) atoms. The van der Waals surface area contributed by atoms with E-state index in [2.05, 4.69) is 0 Å². The van der Waals surface area contributed by atoms with Crippen LogP contribution in [0.1, 0.15) is 0 Å². The third-order valence-electron chi connectivity index (χ3n) is 2.98. The van der Waals surface area contributed by atoms with Crippen LogP contribution in [0.2, 0.25) is 0 Å². The molecular weight excluding hydrogens is 246 g/mol. The molecule has 6 nitrogen and oxygen atoms in total. The van der Waals surface area contributed by atoms with E-state index in [0.29, 0.717) is 11.4 Å². The summed E-state index contributed by atoms with van der Waals surface area (Å²) in [5, 5.41) is 38.1. The molecule has 4 N–H and O–H groups in total. The molecule has 96 valence electrons. The van der Waals surface area contributed by atoms with Gasteiger partial charge in [-0.05, 0) is 6.08 Å². The Labute approximate surface area is 104 Å². The summed E-state index contributed by atoms with van der Waals surface area (Å²) in [6.45, 7) is -0.0124. The van der Waals surface area contributed by atoms with Crippen LogP contribution in [-0.4, -0.2) is 74.0 Å². The Balaban J connectivity index is 2.11. The molecule has 7 heteroatoms. The monoisotopic (exact) mass is 261 g/mol. The van der Waals surface area contributed by atoms with Gasteiger partial charge < -0.3 is 30.1 Å². The molecule has 0 radical (unpaired) electrons. The van der Waals surface area contributed by atoms with Gasteiger partial charge in [-0.15, -0.1) is 0 Å². The summed E-state index contributed by atoms with van der Waals surface area (Å²) >= 11 is 4.99. The van der Waals surface area contributed by atoms with Crippen molar-refractivity contribution in [3.05, 3.63) is 12.3 Å².